The summed E-state index contributed by atoms with van der Waals surface area (Å²) in [5.41, 5.74) is 4.04. The molecule has 1 aromatic carbocycles. The zero-order valence-corrected chi connectivity index (χ0v) is 14.2. The molecule has 0 radical (unpaired) electrons. The fraction of sp³-hybridized carbons (Fsp3) is 0.562. The molecule has 0 aromatic heterocycles. The van der Waals surface area contributed by atoms with Crippen LogP contribution in [0.3, 0.4) is 0 Å². The molecule has 2 rings (SSSR count). The maximum Gasteiger partial charge on any atom is 0.528 e. The number of halogens is 3. The van der Waals surface area contributed by atoms with E-state index in [1.165, 1.54) is 11.1 Å². The molecule has 6 nitrogen and oxygen atoms in total. The van der Waals surface area contributed by atoms with Gasteiger partial charge in [-0.2, -0.15) is 13.2 Å². The van der Waals surface area contributed by atoms with Gasteiger partial charge in [-0.1, -0.05) is 0 Å². The summed E-state index contributed by atoms with van der Waals surface area (Å²) in [4.78, 5) is 16.7. The number of nitrogens with two attached hydrogens (primary N) is 1. The summed E-state index contributed by atoms with van der Waals surface area (Å²) in [7, 11) is 0. The maximum absolute atomic E-state index is 12.6. The number of benzene rings is 1. The lowest BCUT2D eigenvalue weighted by molar-refractivity contribution is -0.137. The molecule has 0 amide bonds. The Hall–Kier alpha value is -2.16. The molecule has 9 heteroatoms. The number of hydrogen-bond donors (Lipinski definition) is 1. The molecule has 0 aliphatic carbocycles. The quantitative estimate of drug-likeness (QED) is 0.654. The largest absolute Gasteiger partial charge is 0.528 e. The summed E-state index contributed by atoms with van der Waals surface area (Å²) in [6.45, 7) is 5.84. The van der Waals surface area contributed by atoms with Gasteiger partial charge in [-0.25, -0.2) is 4.79 Å². The van der Waals surface area contributed by atoms with E-state index in [9.17, 15) is 18.0 Å². The van der Waals surface area contributed by atoms with E-state index in [1.807, 2.05) is 0 Å². The van der Waals surface area contributed by atoms with Crippen LogP contribution in [0.25, 0.3) is 0 Å². The van der Waals surface area contributed by atoms with Crippen LogP contribution in [0.4, 0.5) is 23.7 Å². The zero-order valence-electron chi connectivity index (χ0n) is 14.2. The van der Waals surface area contributed by atoms with Gasteiger partial charge >= 0.3 is 12.3 Å². The number of nitrogen functional groups attached to an aromatic ring is 1. The molecule has 2 N–H and O–H groups in total. The molecule has 25 heavy (non-hydrogen) atoms. The molecule has 1 aromatic rings. The van der Waals surface area contributed by atoms with Gasteiger partial charge in [0, 0.05) is 13.0 Å². The van der Waals surface area contributed by atoms with Crippen LogP contribution in [-0.4, -0.2) is 36.0 Å². The van der Waals surface area contributed by atoms with Crippen molar-refractivity contribution < 1.29 is 32.3 Å². The Kier molecular flexibility index (Phi) is 5.36. The molecular formula is C16H21F3N2O4. The van der Waals surface area contributed by atoms with Crippen molar-refractivity contribution in [2.45, 2.75) is 45.1 Å². The van der Waals surface area contributed by atoms with Gasteiger partial charge in [-0.05, 0) is 39.0 Å². The van der Waals surface area contributed by atoms with Gasteiger partial charge in [0.1, 0.15) is 17.5 Å². The van der Waals surface area contributed by atoms with Crippen molar-refractivity contribution in [2.75, 3.05) is 18.8 Å². The van der Waals surface area contributed by atoms with Crippen molar-refractivity contribution in [3.8, 4) is 5.75 Å². The number of anilines is 1. The van der Waals surface area contributed by atoms with E-state index in [2.05, 4.69) is 0 Å². The summed E-state index contributed by atoms with van der Waals surface area (Å²) in [6, 6.07) is 2.93. The standard InChI is InChI=1S/C16H21F3N2O4/c1-15(2,3)24-14(22)25-21-7-6-11(9-21)23-13-5-4-10(8-12(13)20)16(17,18)19/h4-5,8,11H,6-7,9,20H2,1-3H3. The third kappa shape index (κ3) is 5.70. The Morgan fingerprint density at radius 2 is 1.96 bits per heavy atom. The Morgan fingerprint density at radius 1 is 1.28 bits per heavy atom. The zero-order chi connectivity index (χ0) is 18.8. The highest BCUT2D eigenvalue weighted by molar-refractivity contribution is 5.60. The van der Waals surface area contributed by atoms with Gasteiger partial charge in [-0.15, -0.1) is 5.06 Å². The second-order valence-electron chi connectivity index (χ2n) is 6.72. The summed E-state index contributed by atoms with van der Waals surface area (Å²) >= 11 is 0. The van der Waals surface area contributed by atoms with Crippen LogP contribution in [0.1, 0.15) is 32.8 Å². The normalized spacial score (nSPS) is 18.9. The average Bonchev–Trinajstić information content (AvgIpc) is 2.84. The van der Waals surface area contributed by atoms with E-state index in [4.69, 9.17) is 20.0 Å². The average molecular weight is 362 g/mol. The third-order valence-electron chi connectivity index (χ3n) is 3.33. The number of nitrogens with zero attached hydrogens (tertiary/aromatic N) is 1. The summed E-state index contributed by atoms with van der Waals surface area (Å²) in [6.07, 6.45) is -5.11. The molecule has 0 bridgehead atoms. The number of hydroxylamine groups is 2. The highest BCUT2D eigenvalue weighted by atomic mass is 19.4. The molecule has 1 aliphatic rings. The first kappa shape index (κ1) is 19.2. The van der Waals surface area contributed by atoms with Gasteiger partial charge < -0.3 is 20.0 Å². The van der Waals surface area contributed by atoms with Crippen molar-refractivity contribution >= 4 is 11.8 Å². The van der Waals surface area contributed by atoms with Gasteiger partial charge in [-0.3, -0.25) is 0 Å². The summed E-state index contributed by atoms with van der Waals surface area (Å²) in [5.74, 6) is 0.164. The SMILES string of the molecule is CC(C)(C)OC(=O)ON1CCC(Oc2ccc(C(F)(F)F)cc2N)C1. The van der Waals surface area contributed by atoms with Crippen molar-refractivity contribution in [3.63, 3.8) is 0 Å². The Labute approximate surface area is 143 Å². The molecule has 1 atom stereocenters. The van der Waals surface area contributed by atoms with Crippen molar-refractivity contribution in [3.05, 3.63) is 23.8 Å². The van der Waals surface area contributed by atoms with Crippen LogP contribution >= 0.6 is 0 Å². The van der Waals surface area contributed by atoms with E-state index in [1.54, 1.807) is 20.8 Å². The minimum absolute atomic E-state index is 0.0960. The predicted octanol–water partition coefficient (Wildman–Crippen LogP) is 3.61. The van der Waals surface area contributed by atoms with Gasteiger partial charge in [0.2, 0.25) is 0 Å². The molecule has 0 spiro atoms. The van der Waals surface area contributed by atoms with Crippen LogP contribution in [0.15, 0.2) is 18.2 Å². The fourth-order valence-corrected chi connectivity index (χ4v) is 2.26. The van der Waals surface area contributed by atoms with Crippen LogP contribution in [0.2, 0.25) is 0 Å². The Balaban J connectivity index is 1.90. The fourth-order valence-electron chi connectivity index (χ4n) is 2.26. The highest BCUT2D eigenvalue weighted by Gasteiger charge is 2.32. The number of carbonyl (C=O) groups is 1. The molecule has 1 aliphatic heterocycles. The van der Waals surface area contributed by atoms with E-state index in [0.717, 1.165) is 12.1 Å². The highest BCUT2D eigenvalue weighted by Crippen LogP contribution is 2.34. The summed E-state index contributed by atoms with van der Waals surface area (Å²) < 4.78 is 48.6. The number of alkyl halides is 3. The third-order valence-corrected chi connectivity index (χ3v) is 3.33. The second kappa shape index (κ2) is 6.99. The number of carbonyl (C=O) groups excluding carboxylic acids is 1. The number of hydrogen-bond acceptors (Lipinski definition) is 6. The molecule has 140 valence electrons. The Bertz CT molecular complexity index is 629. The molecule has 1 saturated heterocycles. The number of rotatable bonds is 3. The van der Waals surface area contributed by atoms with E-state index < -0.39 is 23.5 Å². The minimum atomic E-state index is -4.46. The van der Waals surface area contributed by atoms with Crippen LogP contribution in [0.5, 0.6) is 5.75 Å². The van der Waals surface area contributed by atoms with E-state index in [-0.39, 0.29) is 24.1 Å². The first-order valence-corrected chi connectivity index (χ1v) is 7.73. The van der Waals surface area contributed by atoms with E-state index >= 15 is 0 Å². The molecule has 1 unspecified atom stereocenters. The number of ether oxygens (including phenoxy) is 2. The molecule has 1 heterocycles. The van der Waals surface area contributed by atoms with Crippen molar-refractivity contribution in [2.24, 2.45) is 0 Å². The van der Waals surface area contributed by atoms with E-state index in [0.29, 0.717) is 13.0 Å². The van der Waals surface area contributed by atoms with Gasteiger partial charge in [0.15, 0.2) is 0 Å². The van der Waals surface area contributed by atoms with Crippen LogP contribution in [0, 0.1) is 0 Å². The van der Waals surface area contributed by atoms with Crippen molar-refractivity contribution in [1.82, 2.24) is 5.06 Å². The first-order valence-electron chi connectivity index (χ1n) is 7.73. The van der Waals surface area contributed by atoms with Crippen LogP contribution < -0.4 is 10.5 Å². The summed E-state index contributed by atoms with van der Waals surface area (Å²) in [5, 5.41) is 1.39. The molecule has 0 saturated carbocycles. The lowest BCUT2D eigenvalue weighted by Gasteiger charge is -2.21. The molecule has 1 fully saturated rings. The second-order valence-corrected chi connectivity index (χ2v) is 6.72. The smallest absolute Gasteiger partial charge is 0.487 e. The predicted molar refractivity (Wildman–Crippen MR) is 83.8 cm³/mol. The monoisotopic (exact) mass is 362 g/mol. The maximum atomic E-state index is 12.6. The lowest BCUT2D eigenvalue weighted by atomic mass is 10.2. The first-order chi connectivity index (χ1) is 11.4. The van der Waals surface area contributed by atoms with Gasteiger partial charge in [0.05, 0.1) is 17.8 Å². The van der Waals surface area contributed by atoms with Crippen LogP contribution in [-0.2, 0) is 15.8 Å². The topological polar surface area (TPSA) is 74.0 Å². The Morgan fingerprint density at radius 3 is 2.52 bits per heavy atom. The minimum Gasteiger partial charge on any atom is -0.487 e. The van der Waals surface area contributed by atoms with Crippen molar-refractivity contribution in [1.29, 1.82) is 0 Å². The molecular weight excluding hydrogens is 341 g/mol. The van der Waals surface area contributed by atoms with Gasteiger partial charge in [0.25, 0.3) is 0 Å². The lowest BCUT2D eigenvalue weighted by Crippen LogP contribution is -2.32.